The molecular formula is C23H24ClN7O5. The van der Waals surface area contributed by atoms with Gasteiger partial charge in [0.25, 0.3) is 12.9 Å². The van der Waals surface area contributed by atoms with Crippen LogP contribution in [-0.4, -0.2) is 71.7 Å². The molecule has 36 heavy (non-hydrogen) atoms. The molecule has 4 heterocycles. The topological polar surface area (TPSA) is 169 Å². The number of urea groups is 1. The van der Waals surface area contributed by atoms with Crippen molar-refractivity contribution in [3.8, 4) is 11.5 Å². The zero-order chi connectivity index (χ0) is 26.1. The number of nitrogens with zero attached hydrogens (tertiary/aromatic N) is 6. The predicted octanol–water partition coefficient (Wildman–Crippen LogP) is 2.92. The van der Waals surface area contributed by atoms with Gasteiger partial charge in [-0.2, -0.15) is 0 Å². The fourth-order valence-corrected chi connectivity index (χ4v) is 4.46. The number of nitrogens with two attached hydrogens (primary N) is 1. The predicted molar refractivity (Wildman–Crippen MR) is 132 cm³/mol. The van der Waals surface area contributed by atoms with Crippen molar-refractivity contribution < 1.29 is 24.6 Å². The summed E-state index contributed by atoms with van der Waals surface area (Å²) in [7, 11) is 0. The summed E-state index contributed by atoms with van der Waals surface area (Å²) in [6, 6.07) is 9.38. The number of halogens is 1. The van der Waals surface area contributed by atoms with E-state index in [1.54, 1.807) is 15.8 Å². The molecule has 0 spiro atoms. The summed E-state index contributed by atoms with van der Waals surface area (Å²) < 4.78 is 3.94. The summed E-state index contributed by atoms with van der Waals surface area (Å²) in [5, 5.41) is 23.9. The monoisotopic (exact) mass is 513 g/mol. The highest BCUT2D eigenvalue weighted by Gasteiger charge is 2.30. The van der Waals surface area contributed by atoms with E-state index >= 15 is 0 Å². The molecule has 12 nitrogen and oxygen atoms in total. The Balaban J connectivity index is 0.000000550. The summed E-state index contributed by atoms with van der Waals surface area (Å²) in [5.74, 6) is 1.17. The van der Waals surface area contributed by atoms with Crippen LogP contribution in [0.3, 0.4) is 0 Å². The highest BCUT2D eigenvalue weighted by atomic mass is 35.5. The quantitative estimate of drug-likeness (QED) is 0.351. The number of aromatic nitrogens is 5. The van der Waals surface area contributed by atoms with Crippen LogP contribution in [0.25, 0.3) is 22.4 Å². The van der Waals surface area contributed by atoms with E-state index in [9.17, 15) is 4.79 Å². The van der Waals surface area contributed by atoms with Crippen molar-refractivity contribution in [2.75, 3.05) is 13.1 Å². The maximum Gasteiger partial charge on any atom is 0.314 e. The molecule has 0 saturated carbocycles. The van der Waals surface area contributed by atoms with Crippen molar-refractivity contribution in [1.82, 2.24) is 29.4 Å². The van der Waals surface area contributed by atoms with Gasteiger partial charge in [0.05, 0.1) is 24.1 Å². The number of hydrogen-bond acceptors (Lipinski definition) is 6. The highest BCUT2D eigenvalue weighted by molar-refractivity contribution is 6.30. The lowest BCUT2D eigenvalue weighted by atomic mass is 9.88. The normalized spacial score (nSPS) is 13.2. The third kappa shape index (κ3) is 5.61. The highest BCUT2D eigenvalue weighted by Crippen LogP contribution is 2.40. The van der Waals surface area contributed by atoms with E-state index in [2.05, 4.69) is 19.9 Å². The Morgan fingerprint density at radius 1 is 1.06 bits per heavy atom. The number of piperidine rings is 1. The molecule has 188 valence electrons. The van der Waals surface area contributed by atoms with E-state index in [4.69, 9.17) is 37.1 Å². The zero-order valence-corrected chi connectivity index (χ0v) is 19.8. The number of pyridine rings is 1. The van der Waals surface area contributed by atoms with Crippen LogP contribution in [0.4, 0.5) is 4.79 Å². The minimum atomic E-state index is -0.363. The largest absolute Gasteiger partial charge is 0.483 e. The molecule has 1 aromatic carbocycles. The van der Waals surface area contributed by atoms with Crippen LogP contribution in [0.1, 0.15) is 24.3 Å². The first-order valence-electron chi connectivity index (χ1n) is 10.8. The first-order valence-corrected chi connectivity index (χ1v) is 11.2. The molecule has 1 aliphatic heterocycles. The molecule has 0 bridgehead atoms. The minimum absolute atomic E-state index is 0.248. The second-order valence-electron chi connectivity index (χ2n) is 7.60. The maximum atomic E-state index is 11.6. The van der Waals surface area contributed by atoms with Gasteiger partial charge in [-0.05, 0) is 49.1 Å². The molecule has 1 saturated heterocycles. The molecule has 5 rings (SSSR count). The minimum Gasteiger partial charge on any atom is -0.483 e. The van der Waals surface area contributed by atoms with E-state index in [0.29, 0.717) is 18.1 Å². The fourth-order valence-electron chi connectivity index (χ4n) is 4.34. The molecule has 3 aromatic heterocycles. The number of carboxylic acid groups (broad SMARTS) is 2. The molecule has 0 radical (unpaired) electrons. The average Bonchev–Trinajstić information content (AvgIpc) is 3.52. The molecule has 13 heteroatoms. The first kappa shape index (κ1) is 26.2. The van der Waals surface area contributed by atoms with Crippen LogP contribution in [0.2, 0.25) is 5.02 Å². The molecule has 4 aromatic rings. The Kier molecular flexibility index (Phi) is 8.95. The van der Waals surface area contributed by atoms with Gasteiger partial charge in [0, 0.05) is 40.9 Å². The third-order valence-electron chi connectivity index (χ3n) is 5.72. The smallest absolute Gasteiger partial charge is 0.314 e. The average molecular weight is 514 g/mol. The van der Waals surface area contributed by atoms with Gasteiger partial charge in [-0.15, -0.1) is 5.10 Å². The van der Waals surface area contributed by atoms with Crippen molar-refractivity contribution in [2.24, 2.45) is 5.73 Å². The Hall–Kier alpha value is -4.45. The van der Waals surface area contributed by atoms with Gasteiger partial charge in [-0.25, -0.2) is 9.48 Å². The number of primary amides is 1. The number of amides is 2. The van der Waals surface area contributed by atoms with Gasteiger partial charge in [0.1, 0.15) is 5.82 Å². The van der Waals surface area contributed by atoms with Crippen molar-refractivity contribution in [1.29, 1.82) is 0 Å². The van der Waals surface area contributed by atoms with Crippen LogP contribution >= 0.6 is 11.6 Å². The summed E-state index contributed by atoms with van der Waals surface area (Å²) in [6.07, 6.45) is 8.84. The first-order chi connectivity index (χ1) is 17.5. The van der Waals surface area contributed by atoms with Crippen molar-refractivity contribution in [2.45, 2.75) is 18.8 Å². The Morgan fingerprint density at radius 3 is 2.25 bits per heavy atom. The van der Waals surface area contributed by atoms with Crippen LogP contribution in [0.5, 0.6) is 0 Å². The molecule has 0 atom stereocenters. The van der Waals surface area contributed by atoms with Crippen LogP contribution in [-0.2, 0) is 9.59 Å². The Morgan fingerprint density at radius 2 is 1.69 bits per heavy atom. The number of fused-ring (bicyclic) bond motifs is 1. The lowest BCUT2D eigenvalue weighted by Gasteiger charge is -2.31. The number of rotatable bonds is 3. The maximum absolute atomic E-state index is 11.6. The SMILES string of the molecule is NC(=O)N1CCC(c2c(-n3ccnn3)n(-c3ccc(Cl)cc3)c3cnccc23)CC1.O=CO.O=CO. The van der Waals surface area contributed by atoms with Gasteiger partial charge < -0.3 is 20.8 Å². The number of carbonyl (C=O) groups excluding carboxylic acids is 1. The number of likely N-dealkylation sites (tertiary alicyclic amines) is 1. The van der Waals surface area contributed by atoms with E-state index in [0.717, 1.165) is 35.2 Å². The second-order valence-corrected chi connectivity index (χ2v) is 8.04. The lowest BCUT2D eigenvalue weighted by molar-refractivity contribution is -0.123. The van der Waals surface area contributed by atoms with Crippen LogP contribution < -0.4 is 5.73 Å². The fraction of sp³-hybridized carbons (Fsp3) is 0.217. The summed E-state index contributed by atoms with van der Waals surface area (Å²) in [6.45, 7) is 0.769. The van der Waals surface area contributed by atoms with Gasteiger partial charge in [-0.3, -0.25) is 19.1 Å². The summed E-state index contributed by atoms with van der Waals surface area (Å²) in [5.41, 5.74) is 8.61. The molecule has 0 aliphatic carbocycles. The Bertz CT molecular complexity index is 1290. The molecule has 2 amide bonds. The van der Waals surface area contributed by atoms with E-state index in [-0.39, 0.29) is 24.9 Å². The van der Waals surface area contributed by atoms with Crippen molar-refractivity contribution >= 4 is 41.5 Å². The van der Waals surface area contributed by atoms with E-state index < -0.39 is 0 Å². The van der Waals surface area contributed by atoms with Crippen molar-refractivity contribution in [3.63, 3.8) is 0 Å². The number of benzene rings is 1. The summed E-state index contributed by atoms with van der Waals surface area (Å²) >= 11 is 6.13. The third-order valence-corrected chi connectivity index (χ3v) is 5.98. The molecular weight excluding hydrogens is 490 g/mol. The van der Waals surface area contributed by atoms with Gasteiger partial charge >= 0.3 is 6.03 Å². The van der Waals surface area contributed by atoms with Crippen LogP contribution in [0.15, 0.2) is 55.1 Å². The molecule has 1 aliphatic rings. The molecule has 4 N–H and O–H groups in total. The van der Waals surface area contributed by atoms with E-state index in [1.807, 2.05) is 48.9 Å². The Labute approximate surface area is 210 Å². The van der Waals surface area contributed by atoms with Crippen LogP contribution in [0, 0.1) is 0 Å². The van der Waals surface area contributed by atoms with Crippen molar-refractivity contribution in [3.05, 3.63) is 65.7 Å². The molecule has 0 unspecified atom stereocenters. The van der Waals surface area contributed by atoms with Gasteiger partial charge in [0.15, 0.2) is 0 Å². The zero-order valence-electron chi connectivity index (χ0n) is 19.0. The molecule has 1 fully saturated rings. The van der Waals surface area contributed by atoms with Gasteiger partial charge in [0.2, 0.25) is 0 Å². The summed E-state index contributed by atoms with van der Waals surface area (Å²) in [4.78, 5) is 34.4. The van der Waals surface area contributed by atoms with Gasteiger partial charge in [-0.1, -0.05) is 16.8 Å². The standard InChI is InChI=1S/C21H20ClN7O.2CH2O2/c22-15-1-3-16(4-2-15)29-18-13-24-8-5-17(18)19(20(29)28-12-9-25-26-28)14-6-10-27(11-7-14)21(23)30;2*2-1-3/h1-5,8-9,12-14H,6-7,10-11H2,(H2,23,30);2*1H,(H,2,3). The number of carbonyl (C=O) groups is 3. The van der Waals surface area contributed by atoms with E-state index in [1.165, 1.54) is 5.56 Å². The number of hydrogen-bond donors (Lipinski definition) is 3. The second kappa shape index (κ2) is 12.3. The lowest BCUT2D eigenvalue weighted by Crippen LogP contribution is -2.41.